The third-order valence-corrected chi connectivity index (χ3v) is 7.68. The van der Waals surface area contributed by atoms with Crippen LogP contribution < -0.4 is 18.9 Å². The SMILES string of the molecule is CCCN1c2cccc(OC)c2-c2c3c(OC)cccc3[n+](CCC)c3c(/C=C\c4ccccc4)ccc1c23. The van der Waals surface area contributed by atoms with Crippen LogP contribution in [0.1, 0.15) is 37.8 Å². The van der Waals surface area contributed by atoms with Gasteiger partial charge in [0.25, 0.3) is 0 Å². The topological polar surface area (TPSA) is 25.6 Å². The lowest BCUT2D eigenvalue weighted by molar-refractivity contribution is -0.645. The number of fused-ring (bicyclic) bond motifs is 4. The molecule has 196 valence electrons. The smallest absolute Gasteiger partial charge is 0.223 e. The average molecular weight is 516 g/mol. The van der Waals surface area contributed by atoms with Gasteiger partial charge in [-0.1, -0.05) is 62.4 Å². The molecule has 39 heavy (non-hydrogen) atoms. The first-order valence-electron chi connectivity index (χ1n) is 13.9. The maximum atomic E-state index is 6.03. The van der Waals surface area contributed by atoms with Crippen LogP contribution in [0.4, 0.5) is 11.4 Å². The zero-order chi connectivity index (χ0) is 26.9. The lowest BCUT2D eigenvalue weighted by Gasteiger charge is -2.34. The Hall–Kier alpha value is -4.31. The molecule has 0 saturated carbocycles. The zero-order valence-corrected chi connectivity index (χ0v) is 23.2. The molecule has 1 aliphatic rings. The van der Waals surface area contributed by atoms with Crippen molar-refractivity contribution in [2.45, 2.75) is 33.2 Å². The molecule has 0 spiro atoms. The van der Waals surface area contributed by atoms with Crippen molar-refractivity contribution in [1.29, 1.82) is 0 Å². The Morgan fingerprint density at radius 1 is 0.692 bits per heavy atom. The average Bonchev–Trinajstić information content (AvgIpc) is 2.98. The van der Waals surface area contributed by atoms with E-state index in [1.165, 1.54) is 44.5 Å². The Balaban J connectivity index is 1.83. The molecular formula is C35H35N2O2+. The summed E-state index contributed by atoms with van der Waals surface area (Å²) in [6, 6.07) is 27.9. The standard InChI is InChI=1S/C35H35N2O2/c1-5-22-36-26-14-10-16-29(38-3)31(26)34-32-27(15-11-17-30(32)39-4)37(23-6-2)35-25(20-21-28(36)33(34)35)19-18-24-12-8-7-9-13-24/h7-21H,5-6,22-23H2,1-4H3/q+1/b19-18-. The summed E-state index contributed by atoms with van der Waals surface area (Å²) in [6.45, 7) is 6.31. The van der Waals surface area contributed by atoms with E-state index >= 15 is 0 Å². The summed E-state index contributed by atoms with van der Waals surface area (Å²) in [7, 11) is 3.54. The second-order valence-corrected chi connectivity index (χ2v) is 10.0. The third-order valence-electron chi connectivity index (χ3n) is 7.68. The van der Waals surface area contributed by atoms with Gasteiger partial charge in [-0.15, -0.1) is 0 Å². The molecule has 0 fully saturated rings. The maximum absolute atomic E-state index is 6.03. The molecule has 0 bridgehead atoms. The Labute approximate surface area is 230 Å². The normalized spacial score (nSPS) is 12.4. The van der Waals surface area contributed by atoms with Gasteiger partial charge in [0, 0.05) is 35.7 Å². The van der Waals surface area contributed by atoms with Crippen molar-refractivity contribution in [1.82, 2.24) is 0 Å². The van der Waals surface area contributed by atoms with Gasteiger partial charge in [0.2, 0.25) is 11.0 Å². The summed E-state index contributed by atoms with van der Waals surface area (Å²) in [4.78, 5) is 2.47. The van der Waals surface area contributed by atoms with Crippen LogP contribution >= 0.6 is 0 Å². The summed E-state index contributed by atoms with van der Waals surface area (Å²) in [5, 5.41) is 2.38. The number of aromatic nitrogens is 1. The van der Waals surface area contributed by atoms with Crippen LogP contribution in [0.2, 0.25) is 0 Å². The van der Waals surface area contributed by atoms with E-state index in [-0.39, 0.29) is 0 Å². The Morgan fingerprint density at radius 3 is 2.21 bits per heavy atom. The van der Waals surface area contributed by atoms with Gasteiger partial charge in [-0.25, -0.2) is 0 Å². The summed E-state index contributed by atoms with van der Waals surface area (Å²) in [5.74, 6) is 1.76. The minimum atomic E-state index is 0.881. The maximum Gasteiger partial charge on any atom is 0.223 e. The van der Waals surface area contributed by atoms with Crippen LogP contribution in [0.15, 0.2) is 78.9 Å². The molecule has 4 heteroatoms. The van der Waals surface area contributed by atoms with E-state index in [2.05, 4.69) is 114 Å². The monoisotopic (exact) mass is 515 g/mol. The van der Waals surface area contributed by atoms with E-state index < -0.39 is 0 Å². The second kappa shape index (κ2) is 10.5. The summed E-state index contributed by atoms with van der Waals surface area (Å²) in [6.07, 6.45) is 6.54. The quantitative estimate of drug-likeness (QED) is 0.118. The highest BCUT2D eigenvalue weighted by Gasteiger charge is 2.35. The van der Waals surface area contributed by atoms with Gasteiger partial charge in [-0.05, 0) is 48.4 Å². The summed E-state index contributed by atoms with van der Waals surface area (Å²) >= 11 is 0. The zero-order valence-electron chi connectivity index (χ0n) is 23.2. The third kappa shape index (κ3) is 4.02. The number of nitrogens with zero attached hydrogens (tertiary/aromatic N) is 2. The van der Waals surface area contributed by atoms with Crippen LogP contribution in [0.3, 0.4) is 0 Å². The number of methoxy groups -OCH3 is 2. The second-order valence-electron chi connectivity index (χ2n) is 10.0. The number of rotatable bonds is 8. The van der Waals surface area contributed by atoms with Gasteiger partial charge in [-0.3, -0.25) is 0 Å². The molecule has 4 nitrogen and oxygen atoms in total. The van der Waals surface area contributed by atoms with Gasteiger partial charge in [-0.2, -0.15) is 4.57 Å². The van der Waals surface area contributed by atoms with Crippen molar-refractivity contribution in [2.24, 2.45) is 0 Å². The van der Waals surface area contributed by atoms with Crippen molar-refractivity contribution < 1.29 is 14.0 Å². The molecule has 0 atom stereocenters. The first-order valence-corrected chi connectivity index (χ1v) is 13.9. The molecule has 6 rings (SSSR count). The largest absolute Gasteiger partial charge is 0.496 e. The Bertz CT molecular complexity index is 1710. The fraction of sp³-hybridized carbons (Fsp3) is 0.229. The predicted molar refractivity (Wildman–Crippen MR) is 163 cm³/mol. The van der Waals surface area contributed by atoms with Crippen LogP contribution in [0.25, 0.3) is 45.1 Å². The highest BCUT2D eigenvalue weighted by atomic mass is 16.5. The molecule has 0 unspecified atom stereocenters. The molecule has 0 saturated heterocycles. The minimum absolute atomic E-state index is 0.881. The Morgan fingerprint density at radius 2 is 1.46 bits per heavy atom. The number of ether oxygens (including phenoxy) is 2. The highest BCUT2D eigenvalue weighted by molar-refractivity contribution is 6.21. The highest BCUT2D eigenvalue weighted by Crippen LogP contribution is 2.54. The van der Waals surface area contributed by atoms with Gasteiger partial charge in [0.15, 0.2) is 0 Å². The molecule has 2 heterocycles. The lowest BCUT2D eigenvalue weighted by atomic mass is 9.87. The van der Waals surface area contributed by atoms with E-state index in [1.807, 2.05) is 0 Å². The number of aryl methyl sites for hydroxylation is 1. The lowest BCUT2D eigenvalue weighted by Crippen LogP contribution is -2.37. The molecule has 4 aromatic carbocycles. The van der Waals surface area contributed by atoms with Crippen LogP contribution in [0, 0.1) is 0 Å². The number of hydrogen-bond acceptors (Lipinski definition) is 3. The van der Waals surface area contributed by atoms with E-state index in [9.17, 15) is 0 Å². The van der Waals surface area contributed by atoms with Crippen LogP contribution in [0.5, 0.6) is 11.5 Å². The van der Waals surface area contributed by atoms with Gasteiger partial charge < -0.3 is 14.4 Å². The fourth-order valence-corrected chi connectivity index (χ4v) is 6.12. The number of pyridine rings is 1. The number of hydrogen-bond donors (Lipinski definition) is 0. The first kappa shape index (κ1) is 25.0. The molecule has 0 amide bonds. The molecule has 1 aliphatic heterocycles. The van der Waals surface area contributed by atoms with E-state index in [4.69, 9.17) is 9.47 Å². The molecular weight excluding hydrogens is 480 g/mol. The van der Waals surface area contributed by atoms with Crippen LogP contribution in [-0.4, -0.2) is 20.8 Å². The van der Waals surface area contributed by atoms with Gasteiger partial charge in [0.05, 0.1) is 36.4 Å². The first-order chi connectivity index (χ1) is 19.2. The molecule has 5 aromatic rings. The van der Waals surface area contributed by atoms with Crippen molar-refractivity contribution >= 4 is 45.3 Å². The molecule has 0 aliphatic carbocycles. The van der Waals surface area contributed by atoms with Crippen molar-refractivity contribution in [3.63, 3.8) is 0 Å². The van der Waals surface area contributed by atoms with Gasteiger partial charge in [0.1, 0.15) is 18.0 Å². The molecule has 0 N–H and O–H groups in total. The Kier molecular flexibility index (Phi) is 6.70. The minimum Gasteiger partial charge on any atom is -0.496 e. The number of anilines is 2. The predicted octanol–water partition coefficient (Wildman–Crippen LogP) is 8.41. The number of benzene rings is 4. The van der Waals surface area contributed by atoms with Crippen molar-refractivity contribution in [3.8, 4) is 22.6 Å². The van der Waals surface area contributed by atoms with E-state index in [1.54, 1.807) is 14.2 Å². The summed E-state index contributed by atoms with van der Waals surface area (Å²) in [5.41, 5.74) is 9.54. The van der Waals surface area contributed by atoms with Crippen molar-refractivity contribution in [2.75, 3.05) is 25.7 Å². The van der Waals surface area contributed by atoms with Crippen molar-refractivity contribution in [3.05, 3.63) is 90.0 Å². The molecule has 0 radical (unpaired) electrons. The summed E-state index contributed by atoms with van der Waals surface area (Å²) < 4.78 is 14.6. The van der Waals surface area contributed by atoms with Crippen LogP contribution in [-0.2, 0) is 6.54 Å². The van der Waals surface area contributed by atoms with E-state index in [0.29, 0.717) is 0 Å². The van der Waals surface area contributed by atoms with E-state index in [0.717, 1.165) is 48.4 Å². The fourth-order valence-electron chi connectivity index (χ4n) is 6.12. The molecule has 1 aromatic heterocycles. The van der Waals surface area contributed by atoms with Gasteiger partial charge >= 0.3 is 0 Å².